The molecule has 0 aromatic rings. The van der Waals surface area contributed by atoms with Crippen LogP contribution < -0.4 is 10.6 Å². The summed E-state index contributed by atoms with van der Waals surface area (Å²) >= 11 is 0. The highest BCUT2D eigenvalue weighted by atomic mass is 16.2. The molecule has 0 saturated heterocycles. The molecule has 0 saturated carbocycles. The second-order valence-corrected chi connectivity index (χ2v) is 7.82. The van der Waals surface area contributed by atoms with Gasteiger partial charge in [-0.2, -0.15) is 0 Å². The van der Waals surface area contributed by atoms with Crippen LogP contribution >= 0.6 is 0 Å². The van der Waals surface area contributed by atoms with E-state index >= 15 is 0 Å². The summed E-state index contributed by atoms with van der Waals surface area (Å²) in [7, 11) is 5.69. The van der Waals surface area contributed by atoms with Gasteiger partial charge in [-0.1, -0.05) is 0 Å². The normalized spacial score (nSPS) is 20.3. The smallest absolute Gasteiger partial charge is 0.252 e. The van der Waals surface area contributed by atoms with E-state index in [9.17, 15) is 14.4 Å². The molecule has 7 nitrogen and oxygen atoms in total. The second kappa shape index (κ2) is 7.93. The molecular formula is C23H24N4O3. The molecule has 0 spiro atoms. The minimum atomic E-state index is -0.285. The summed E-state index contributed by atoms with van der Waals surface area (Å²) in [6.07, 6.45) is 9.65. The van der Waals surface area contributed by atoms with Crippen molar-refractivity contribution in [3.63, 3.8) is 0 Å². The third-order valence-electron chi connectivity index (χ3n) is 5.54. The predicted molar refractivity (Wildman–Crippen MR) is 115 cm³/mol. The number of hydrogen-bond acceptors (Lipinski definition) is 6. The topological polar surface area (TPSA) is 90.9 Å². The maximum absolute atomic E-state index is 13.4. The Kier molecular flexibility index (Phi) is 5.32. The van der Waals surface area contributed by atoms with Crippen LogP contribution in [0.25, 0.3) is 0 Å². The van der Waals surface area contributed by atoms with E-state index in [-0.39, 0.29) is 17.5 Å². The van der Waals surface area contributed by atoms with E-state index in [0.717, 1.165) is 12.1 Å². The first-order valence-corrected chi connectivity index (χ1v) is 9.98. The van der Waals surface area contributed by atoms with Crippen molar-refractivity contribution < 1.29 is 14.4 Å². The minimum Gasteiger partial charge on any atom is -0.322 e. The summed E-state index contributed by atoms with van der Waals surface area (Å²) in [6, 6.07) is 0. The van der Waals surface area contributed by atoms with Crippen LogP contribution in [0.2, 0.25) is 0 Å². The van der Waals surface area contributed by atoms with Crippen LogP contribution in [0, 0.1) is 0 Å². The SMILES string of the molecule is CNCCC1=C2C(=O)C(C3=CC=C4NC(=O)C(CCN(C)C)=C4C3=O)=CC=C2N=C1. The van der Waals surface area contributed by atoms with E-state index < -0.39 is 0 Å². The lowest BCUT2D eigenvalue weighted by Crippen LogP contribution is -2.22. The Morgan fingerprint density at radius 1 is 0.967 bits per heavy atom. The van der Waals surface area contributed by atoms with Gasteiger partial charge in [-0.05, 0) is 70.4 Å². The van der Waals surface area contributed by atoms with Crippen molar-refractivity contribution in [2.24, 2.45) is 4.99 Å². The third-order valence-corrected chi connectivity index (χ3v) is 5.54. The number of nitrogens with one attached hydrogen (secondary N) is 2. The summed E-state index contributed by atoms with van der Waals surface area (Å²) in [4.78, 5) is 45.4. The number of aliphatic imine (C=N–C) groups is 1. The first kappa shape index (κ1) is 20.1. The van der Waals surface area contributed by atoms with Gasteiger partial charge in [0.25, 0.3) is 5.91 Å². The van der Waals surface area contributed by atoms with Crippen LogP contribution in [0.1, 0.15) is 12.8 Å². The number of fused-ring (bicyclic) bond motifs is 2. The first-order valence-electron chi connectivity index (χ1n) is 9.98. The second-order valence-electron chi connectivity index (χ2n) is 7.82. The Morgan fingerprint density at radius 2 is 1.67 bits per heavy atom. The summed E-state index contributed by atoms with van der Waals surface area (Å²) in [5, 5.41) is 5.85. The molecule has 2 aliphatic heterocycles. The highest BCUT2D eigenvalue weighted by Crippen LogP contribution is 2.37. The number of rotatable bonds is 7. The predicted octanol–water partition coefficient (Wildman–Crippen LogP) is 1.14. The molecule has 7 heteroatoms. The van der Waals surface area contributed by atoms with E-state index in [1.165, 1.54) is 0 Å². The largest absolute Gasteiger partial charge is 0.322 e. The average molecular weight is 404 g/mol. The molecule has 0 atom stereocenters. The van der Waals surface area contributed by atoms with E-state index in [1.807, 2.05) is 26.0 Å². The fourth-order valence-corrected chi connectivity index (χ4v) is 3.95. The number of nitrogens with zero attached hydrogens (tertiary/aromatic N) is 2. The molecule has 0 fully saturated rings. The molecule has 2 N–H and O–H groups in total. The molecule has 4 aliphatic rings. The van der Waals surface area contributed by atoms with Gasteiger partial charge in [-0.3, -0.25) is 19.4 Å². The van der Waals surface area contributed by atoms with Gasteiger partial charge in [0.15, 0.2) is 11.6 Å². The van der Waals surface area contributed by atoms with Crippen LogP contribution in [0.4, 0.5) is 0 Å². The summed E-state index contributed by atoms with van der Waals surface area (Å²) in [6.45, 7) is 1.38. The van der Waals surface area contributed by atoms with Gasteiger partial charge in [0.2, 0.25) is 0 Å². The number of amides is 1. The highest BCUT2D eigenvalue weighted by Gasteiger charge is 2.38. The lowest BCUT2D eigenvalue weighted by atomic mass is 9.82. The van der Waals surface area contributed by atoms with Gasteiger partial charge in [-0.15, -0.1) is 0 Å². The molecule has 4 rings (SSSR count). The number of carbonyl (C=O) groups is 3. The Labute approximate surface area is 175 Å². The summed E-state index contributed by atoms with van der Waals surface area (Å²) in [5.74, 6) is -0.721. The third kappa shape index (κ3) is 3.36. The van der Waals surface area contributed by atoms with E-state index in [4.69, 9.17) is 0 Å². The average Bonchev–Trinajstić information content (AvgIpc) is 3.27. The van der Waals surface area contributed by atoms with Gasteiger partial charge < -0.3 is 15.5 Å². The van der Waals surface area contributed by atoms with Gasteiger partial charge in [0.1, 0.15) is 0 Å². The maximum atomic E-state index is 13.4. The van der Waals surface area contributed by atoms with Crippen LogP contribution in [-0.4, -0.2) is 62.8 Å². The molecule has 0 radical (unpaired) electrons. The zero-order valence-corrected chi connectivity index (χ0v) is 17.3. The van der Waals surface area contributed by atoms with Crippen LogP contribution in [0.15, 0.2) is 74.1 Å². The van der Waals surface area contributed by atoms with E-state index in [0.29, 0.717) is 58.6 Å². The zero-order valence-electron chi connectivity index (χ0n) is 17.3. The van der Waals surface area contributed by atoms with Crippen molar-refractivity contribution in [1.29, 1.82) is 0 Å². The van der Waals surface area contributed by atoms with Crippen molar-refractivity contribution >= 4 is 23.7 Å². The highest BCUT2D eigenvalue weighted by molar-refractivity contribution is 6.29. The summed E-state index contributed by atoms with van der Waals surface area (Å²) in [5.41, 5.74) is 4.11. The van der Waals surface area contributed by atoms with Crippen LogP contribution in [-0.2, 0) is 14.4 Å². The van der Waals surface area contributed by atoms with Crippen molar-refractivity contribution in [2.45, 2.75) is 12.8 Å². The number of ketones is 2. The Morgan fingerprint density at radius 3 is 2.37 bits per heavy atom. The monoisotopic (exact) mass is 404 g/mol. The van der Waals surface area contributed by atoms with Crippen molar-refractivity contribution in [3.05, 3.63) is 69.1 Å². The van der Waals surface area contributed by atoms with E-state index in [1.54, 1.807) is 30.5 Å². The molecule has 0 aromatic carbocycles. The lowest BCUT2D eigenvalue weighted by molar-refractivity contribution is -0.116. The number of hydrogen-bond donors (Lipinski definition) is 2. The Balaban J connectivity index is 1.69. The fraction of sp³-hybridized carbons (Fsp3) is 0.304. The quantitative estimate of drug-likeness (QED) is 0.664. The number of allylic oxidation sites excluding steroid dienone is 8. The Hall–Kier alpha value is -3.16. The molecule has 0 bridgehead atoms. The minimum absolute atomic E-state index is 0.194. The van der Waals surface area contributed by atoms with Gasteiger partial charge in [-0.25, -0.2) is 0 Å². The van der Waals surface area contributed by atoms with Gasteiger partial charge in [0.05, 0.1) is 22.5 Å². The van der Waals surface area contributed by atoms with Crippen molar-refractivity contribution in [1.82, 2.24) is 15.5 Å². The Bertz CT molecular complexity index is 1080. The molecule has 2 aliphatic carbocycles. The molecule has 0 aromatic heterocycles. The molecule has 1 amide bonds. The standard InChI is InChI=1S/C23H24N4O3/c1-24-10-8-13-12-25-17-6-4-14(21(28)19(13)17)15-5-7-18-20(22(15)29)16(23(30)26-18)9-11-27(2)3/h4-7,12,24H,8-11H2,1-3H3,(H,26,30). The number of carbonyl (C=O) groups excluding carboxylic acids is 3. The van der Waals surface area contributed by atoms with Gasteiger partial charge >= 0.3 is 0 Å². The van der Waals surface area contributed by atoms with Crippen molar-refractivity contribution in [3.8, 4) is 0 Å². The molecule has 0 unspecified atom stereocenters. The summed E-state index contributed by atoms with van der Waals surface area (Å²) < 4.78 is 0. The van der Waals surface area contributed by atoms with Crippen LogP contribution in [0.3, 0.4) is 0 Å². The molecular weight excluding hydrogens is 380 g/mol. The first-order chi connectivity index (χ1) is 14.4. The zero-order chi connectivity index (χ0) is 21.4. The maximum Gasteiger partial charge on any atom is 0.252 e. The van der Waals surface area contributed by atoms with Crippen LogP contribution in [0.5, 0.6) is 0 Å². The fourth-order valence-electron chi connectivity index (χ4n) is 3.95. The number of Topliss-reactive ketones (excluding diaryl/α,β-unsaturated/α-hetero) is 2. The lowest BCUT2D eigenvalue weighted by Gasteiger charge is -2.19. The van der Waals surface area contributed by atoms with Gasteiger partial charge in [0, 0.05) is 29.5 Å². The molecule has 154 valence electrons. The van der Waals surface area contributed by atoms with Crippen molar-refractivity contribution in [2.75, 3.05) is 34.2 Å². The molecule has 30 heavy (non-hydrogen) atoms. The van der Waals surface area contributed by atoms with E-state index in [2.05, 4.69) is 15.6 Å². The molecule has 2 heterocycles.